The van der Waals surface area contributed by atoms with E-state index in [4.69, 9.17) is 14.2 Å². The number of nitrogens with zero attached hydrogens (tertiary/aromatic N) is 2. The van der Waals surface area contributed by atoms with Gasteiger partial charge in [-0.15, -0.1) is 0 Å². The highest BCUT2D eigenvalue weighted by Crippen LogP contribution is 2.29. The molecule has 0 fully saturated rings. The molecular weight excluding hydrogens is 398 g/mol. The third-order valence-corrected chi connectivity index (χ3v) is 4.66. The molecule has 1 unspecified atom stereocenters. The molecule has 0 aliphatic carbocycles. The zero-order valence-corrected chi connectivity index (χ0v) is 18.1. The van der Waals surface area contributed by atoms with E-state index >= 15 is 0 Å². The van der Waals surface area contributed by atoms with Crippen LogP contribution in [-0.2, 0) is 9.53 Å². The van der Waals surface area contributed by atoms with E-state index in [0.717, 1.165) is 17.1 Å². The summed E-state index contributed by atoms with van der Waals surface area (Å²) in [5, 5.41) is 7.12. The van der Waals surface area contributed by atoms with Gasteiger partial charge in [0, 0.05) is 17.4 Å². The van der Waals surface area contributed by atoms with Gasteiger partial charge in [-0.1, -0.05) is 0 Å². The predicted octanol–water partition coefficient (Wildman–Crippen LogP) is 3.69. The van der Waals surface area contributed by atoms with Crippen molar-refractivity contribution in [2.75, 3.05) is 19.5 Å². The zero-order chi connectivity index (χ0) is 22.5. The molecule has 162 valence electrons. The highest BCUT2D eigenvalue weighted by atomic mass is 16.5. The van der Waals surface area contributed by atoms with Gasteiger partial charge in [0.05, 0.1) is 31.2 Å². The van der Waals surface area contributed by atoms with Crippen molar-refractivity contribution in [2.24, 2.45) is 0 Å². The molecule has 31 heavy (non-hydrogen) atoms. The number of rotatable bonds is 7. The number of anilines is 1. The minimum absolute atomic E-state index is 0.344. The van der Waals surface area contributed by atoms with Crippen molar-refractivity contribution in [3.63, 3.8) is 0 Å². The molecule has 0 aliphatic rings. The summed E-state index contributed by atoms with van der Waals surface area (Å²) >= 11 is 0. The second kappa shape index (κ2) is 9.34. The topological polar surface area (TPSA) is 91.7 Å². The van der Waals surface area contributed by atoms with Gasteiger partial charge in [-0.2, -0.15) is 5.10 Å². The summed E-state index contributed by atoms with van der Waals surface area (Å²) in [5.74, 6) is -0.0220. The lowest BCUT2D eigenvalue weighted by molar-refractivity contribution is -0.123. The number of esters is 1. The Labute approximate surface area is 180 Å². The summed E-state index contributed by atoms with van der Waals surface area (Å²) in [6, 6.07) is 13.8. The third kappa shape index (κ3) is 5.03. The summed E-state index contributed by atoms with van der Waals surface area (Å²) in [5.41, 5.74) is 3.58. The number of carbonyl (C=O) groups is 2. The first-order valence-corrected chi connectivity index (χ1v) is 9.70. The minimum atomic E-state index is -0.990. The zero-order valence-electron chi connectivity index (χ0n) is 18.1. The molecule has 8 nitrogen and oxygen atoms in total. The molecule has 0 bridgehead atoms. The van der Waals surface area contributed by atoms with Crippen LogP contribution in [0, 0.1) is 13.8 Å². The van der Waals surface area contributed by atoms with Crippen molar-refractivity contribution < 1.29 is 23.8 Å². The van der Waals surface area contributed by atoms with Crippen LogP contribution in [0.1, 0.15) is 28.7 Å². The van der Waals surface area contributed by atoms with Gasteiger partial charge >= 0.3 is 5.97 Å². The number of hydrogen-bond donors (Lipinski definition) is 1. The van der Waals surface area contributed by atoms with Gasteiger partial charge in [0.25, 0.3) is 5.91 Å². The normalized spacial score (nSPS) is 11.5. The van der Waals surface area contributed by atoms with Gasteiger partial charge in [0.1, 0.15) is 0 Å². The van der Waals surface area contributed by atoms with Gasteiger partial charge in [0.2, 0.25) is 0 Å². The fourth-order valence-corrected chi connectivity index (χ4v) is 3.07. The molecule has 3 aromatic rings. The number of methoxy groups -OCH3 is 2. The first-order valence-electron chi connectivity index (χ1n) is 9.70. The Bertz CT molecular complexity index is 1090. The molecule has 1 amide bonds. The van der Waals surface area contributed by atoms with E-state index in [0.29, 0.717) is 22.7 Å². The number of amides is 1. The minimum Gasteiger partial charge on any atom is -0.493 e. The molecule has 0 radical (unpaired) electrons. The molecule has 1 heterocycles. The van der Waals surface area contributed by atoms with Crippen LogP contribution in [0.15, 0.2) is 48.5 Å². The van der Waals surface area contributed by atoms with Crippen LogP contribution in [-0.4, -0.2) is 42.0 Å². The molecule has 1 atom stereocenters. The Balaban J connectivity index is 1.63. The van der Waals surface area contributed by atoms with E-state index in [1.807, 2.05) is 19.9 Å². The predicted molar refractivity (Wildman–Crippen MR) is 116 cm³/mol. The molecule has 3 rings (SSSR count). The third-order valence-electron chi connectivity index (χ3n) is 4.66. The fraction of sp³-hybridized carbons (Fsp3) is 0.261. The van der Waals surface area contributed by atoms with E-state index in [1.165, 1.54) is 21.1 Å². The monoisotopic (exact) mass is 423 g/mol. The maximum Gasteiger partial charge on any atom is 0.338 e. The van der Waals surface area contributed by atoms with Gasteiger partial charge < -0.3 is 19.5 Å². The quantitative estimate of drug-likeness (QED) is 0.583. The number of carbonyl (C=O) groups excluding carboxylic acids is 2. The highest BCUT2D eigenvalue weighted by molar-refractivity contribution is 5.97. The first-order chi connectivity index (χ1) is 14.8. The van der Waals surface area contributed by atoms with Gasteiger partial charge in [0.15, 0.2) is 17.6 Å². The van der Waals surface area contributed by atoms with Crippen LogP contribution in [0.4, 0.5) is 5.69 Å². The number of nitrogens with one attached hydrogen (secondary N) is 1. The number of benzene rings is 2. The van der Waals surface area contributed by atoms with Crippen molar-refractivity contribution in [1.82, 2.24) is 9.78 Å². The maximum absolute atomic E-state index is 12.5. The number of ether oxygens (including phenoxy) is 3. The molecule has 0 aliphatic heterocycles. The Kier molecular flexibility index (Phi) is 6.59. The lowest BCUT2D eigenvalue weighted by atomic mass is 10.2. The van der Waals surface area contributed by atoms with E-state index in [-0.39, 0.29) is 0 Å². The van der Waals surface area contributed by atoms with Crippen LogP contribution in [0.25, 0.3) is 5.69 Å². The largest absolute Gasteiger partial charge is 0.493 e. The molecule has 0 saturated heterocycles. The first kappa shape index (κ1) is 21.9. The van der Waals surface area contributed by atoms with Crippen LogP contribution >= 0.6 is 0 Å². The van der Waals surface area contributed by atoms with Crippen LogP contribution in [0.5, 0.6) is 11.5 Å². The van der Waals surface area contributed by atoms with Gasteiger partial charge in [-0.3, -0.25) is 4.79 Å². The van der Waals surface area contributed by atoms with Gasteiger partial charge in [-0.25, -0.2) is 9.48 Å². The SMILES string of the molecule is COc1ccc(NC(=O)C(C)OC(=O)c2ccc(-n3nc(C)cc3C)cc2)cc1OC. The standard InChI is InChI=1S/C23H25N3O5/c1-14-12-15(2)26(25-14)19-9-6-17(7-10-19)23(28)31-16(3)22(27)24-18-8-11-20(29-4)21(13-18)30-5/h6-13,16H,1-5H3,(H,24,27). The van der Waals surface area contributed by atoms with Crippen molar-refractivity contribution in [3.05, 3.63) is 65.5 Å². The number of aryl methyl sites for hydroxylation is 2. The maximum atomic E-state index is 12.5. The second-order valence-electron chi connectivity index (χ2n) is 6.99. The van der Waals surface area contributed by atoms with Crippen LogP contribution < -0.4 is 14.8 Å². The molecule has 1 aromatic heterocycles. The lowest BCUT2D eigenvalue weighted by Gasteiger charge is -2.15. The summed E-state index contributed by atoms with van der Waals surface area (Å²) in [7, 11) is 3.04. The molecular formula is C23H25N3O5. The summed E-state index contributed by atoms with van der Waals surface area (Å²) in [6.45, 7) is 5.39. The highest BCUT2D eigenvalue weighted by Gasteiger charge is 2.20. The summed E-state index contributed by atoms with van der Waals surface area (Å²) in [6.07, 6.45) is -0.990. The number of hydrogen-bond acceptors (Lipinski definition) is 6. The van der Waals surface area contributed by atoms with Crippen molar-refractivity contribution in [3.8, 4) is 17.2 Å². The van der Waals surface area contributed by atoms with Crippen molar-refractivity contribution >= 4 is 17.6 Å². The average Bonchev–Trinajstić information content (AvgIpc) is 3.11. The molecule has 2 aromatic carbocycles. The summed E-state index contributed by atoms with van der Waals surface area (Å²) < 4.78 is 17.5. The Morgan fingerprint density at radius 3 is 2.23 bits per heavy atom. The van der Waals surface area contributed by atoms with E-state index in [1.54, 1.807) is 47.1 Å². The van der Waals surface area contributed by atoms with E-state index < -0.39 is 18.0 Å². The molecule has 8 heteroatoms. The smallest absolute Gasteiger partial charge is 0.338 e. The van der Waals surface area contributed by atoms with E-state index in [9.17, 15) is 9.59 Å². The molecule has 1 N–H and O–H groups in total. The number of aromatic nitrogens is 2. The van der Waals surface area contributed by atoms with Crippen molar-refractivity contribution in [1.29, 1.82) is 0 Å². The molecule has 0 spiro atoms. The van der Waals surface area contributed by atoms with E-state index in [2.05, 4.69) is 10.4 Å². The van der Waals surface area contributed by atoms with Gasteiger partial charge in [-0.05, 0) is 63.2 Å². The lowest BCUT2D eigenvalue weighted by Crippen LogP contribution is -2.30. The Morgan fingerprint density at radius 1 is 0.968 bits per heavy atom. The molecule has 0 saturated carbocycles. The van der Waals surface area contributed by atoms with Crippen LogP contribution in [0.3, 0.4) is 0 Å². The Morgan fingerprint density at radius 2 is 1.65 bits per heavy atom. The Hall–Kier alpha value is -3.81. The average molecular weight is 423 g/mol. The summed E-state index contributed by atoms with van der Waals surface area (Å²) in [4.78, 5) is 24.9. The van der Waals surface area contributed by atoms with Crippen LogP contribution in [0.2, 0.25) is 0 Å². The second-order valence-corrected chi connectivity index (χ2v) is 6.99. The fourth-order valence-electron chi connectivity index (χ4n) is 3.07. The van der Waals surface area contributed by atoms with Crippen molar-refractivity contribution in [2.45, 2.75) is 26.9 Å².